The second-order valence-electron chi connectivity index (χ2n) is 4.03. The highest BCUT2D eigenvalue weighted by molar-refractivity contribution is 5.06. The lowest BCUT2D eigenvalue weighted by Gasteiger charge is -2.19. The molecule has 0 atom stereocenters. The van der Waals surface area contributed by atoms with Crippen LogP contribution in [0.25, 0.3) is 0 Å². The molecule has 0 aromatic rings. The molecular formula is C9H18N2O2. The van der Waals surface area contributed by atoms with E-state index in [1.807, 2.05) is 33.8 Å². The fourth-order valence-corrected chi connectivity index (χ4v) is 0.907. The summed E-state index contributed by atoms with van der Waals surface area (Å²) in [5.74, 6) is 0. The van der Waals surface area contributed by atoms with E-state index in [0.29, 0.717) is 5.70 Å². The smallest absolute Gasteiger partial charge is 0.162 e. The Morgan fingerprint density at radius 2 is 2.08 bits per heavy atom. The van der Waals surface area contributed by atoms with Gasteiger partial charge in [-0.05, 0) is 6.42 Å². The molecule has 0 fully saturated rings. The van der Waals surface area contributed by atoms with Crippen molar-refractivity contribution < 1.29 is 5.03 Å². The van der Waals surface area contributed by atoms with Gasteiger partial charge in [0.05, 0.1) is 5.70 Å². The summed E-state index contributed by atoms with van der Waals surface area (Å²) in [6.07, 6.45) is 3.76. The van der Waals surface area contributed by atoms with E-state index in [-0.39, 0.29) is 5.41 Å². The molecule has 0 saturated heterocycles. The van der Waals surface area contributed by atoms with Crippen molar-refractivity contribution in [3.05, 3.63) is 21.9 Å². The van der Waals surface area contributed by atoms with Crippen molar-refractivity contribution >= 4 is 0 Å². The molecule has 0 aromatic carbocycles. The second kappa shape index (κ2) is 4.84. The number of allylic oxidation sites excluding steroid dienone is 2. The van der Waals surface area contributed by atoms with Crippen LogP contribution in [0.15, 0.2) is 11.8 Å². The van der Waals surface area contributed by atoms with Crippen LogP contribution in [0.4, 0.5) is 0 Å². The maximum Gasteiger partial charge on any atom is 0.162 e. The summed E-state index contributed by atoms with van der Waals surface area (Å²) < 4.78 is 0. The van der Waals surface area contributed by atoms with Crippen LogP contribution in [-0.4, -0.2) is 5.03 Å². The minimum absolute atomic E-state index is 0.192. The Bertz CT molecular complexity index is 204. The van der Waals surface area contributed by atoms with Crippen molar-refractivity contribution in [1.82, 2.24) is 5.43 Å². The molecule has 4 nitrogen and oxygen atoms in total. The number of nitrogens with zero attached hydrogens (tertiary/aromatic N) is 1. The van der Waals surface area contributed by atoms with Crippen LogP contribution < -0.4 is 5.43 Å². The van der Waals surface area contributed by atoms with Gasteiger partial charge in [-0.2, -0.15) is 0 Å². The molecule has 0 rings (SSSR count). The quantitative estimate of drug-likeness (QED) is 0.542. The van der Waals surface area contributed by atoms with E-state index in [2.05, 4.69) is 5.43 Å². The lowest BCUT2D eigenvalue weighted by Crippen LogP contribution is -2.29. The third kappa shape index (κ3) is 5.22. The number of nitrogens with one attached hydrogen (secondary N) is 1. The summed E-state index contributed by atoms with van der Waals surface area (Å²) >= 11 is 0. The predicted octanol–water partition coefficient (Wildman–Crippen LogP) is 2.50. The molecule has 0 unspecified atom stereocenters. The minimum atomic E-state index is -0.507. The number of unbranched alkanes of at least 4 members (excludes halogenated alkanes) is 1. The number of nitro groups is 1. The average Bonchev–Trinajstić information content (AvgIpc) is 1.95. The molecule has 4 heteroatoms. The number of rotatable bonds is 4. The first-order valence-electron chi connectivity index (χ1n) is 4.49. The van der Waals surface area contributed by atoms with E-state index in [0.717, 1.165) is 12.8 Å². The van der Waals surface area contributed by atoms with Crippen LogP contribution in [0.1, 0.15) is 40.5 Å². The highest BCUT2D eigenvalue weighted by Gasteiger charge is 2.20. The van der Waals surface area contributed by atoms with Gasteiger partial charge in [-0.3, -0.25) is 0 Å². The zero-order chi connectivity index (χ0) is 10.5. The van der Waals surface area contributed by atoms with E-state index < -0.39 is 5.03 Å². The van der Waals surface area contributed by atoms with Crippen LogP contribution in [0, 0.1) is 15.5 Å². The highest BCUT2D eigenvalue weighted by Crippen LogP contribution is 2.23. The first kappa shape index (κ1) is 11.9. The van der Waals surface area contributed by atoms with Crippen molar-refractivity contribution in [2.75, 3.05) is 0 Å². The van der Waals surface area contributed by atoms with Crippen LogP contribution in [0.3, 0.4) is 0 Å². The third-order valence-corrected chi connectivity index (χ3v) is 1.66. The lowest BCUT2D eigenvalue weighted by molar-refractivity contribution is -0.537. The van der Waals surface area contributed by atoms with Crippen LogP contribution in [0.5, 0.6) is 0 Å². The van der Waals surface area contributed by atoms with Gasteiger partial charge in [0.1, 0.15) is 0 Å². The second-order valence-corrected chi connectivity index (χ2v) is 4.03. The summed E-state index contributed by atoms with van der Waals surface area (Å²) in [4.78, 5) is 10.3. The molecule has 0 saturated carbocycles. The predicted molar refractivity (Wildman–Crippen MR) is 52.6 cm³/mol. The first-order chi connectivity index (χ1) is 5.88. The molecule has 0 bridgehead atoms. The summed E-state index contributed by atoms with van der Waals surface area (Å²) in [6, 6.07) is 0. The van der Waals surface area contributed by atoms with Crippen molar-refractivity contribution in [2.24, 2.45) is 5.41 Å². The molecule has 76 valence electrons. The van der Waals surface area contributed by atoms with Crippen LogP contribution in [-0.2, 0) is 0 Å². The monoisotopic (exact) mass is 186 g/mol. The summed E-state index contributed by atoms with van der Waals surface area (Å²) in [5.41, 5.74) is 2.73. The average molecular weight is 186 g/mol. The standard InChI is InChI=1S/C9H18N2O2/c1-5-6-7-8(9(2,3)4)10-11(12)13/h7,10H,5-6H2,1-4H3/b8-7-. The molecule has 0 aliphatic carbocycles. The Hall–Kier alpha value is -1.06. The van der Waals surface area contributed by atoms with Crippen molar-refractivity contribution in [1.29, 1.82) is 0 Å². The fourth-order valence-electron chi connectivity index (χ4n) is 0.907. The third-order valence-electron chi connectivity index (χ3n) is 1.66. The van der Waals surface area contributed by atoms with Gasteiger partial charge >= 0.3 is 0 Å². The van der Waals surface area contributed by atoms with Gasteiger partial charge < -0.3 is 0 Å². The van der Waals surface area contributed by atoms with Crippen molar-refractivity contribution in [2.45, 2.75) is 40.5 Å². The summed E-state index contributed by atoms with van der Waals surface area (Å²) in [6.45, 7) is 7.89. The number of hydrogen-bond donors (Lipinski definition) is 1. The van der Waals surface area contributed by atoms with Gasteiger partial charge in [-0.1, -0.05) is 40.2 Å². The largest absolute Gasteiger partial charge is 0.235 e. The van der Waals surface area contributed by atoms with Crippen LogP contribution in [0.2, 0.25) is 0 Å². The Morgan fingerprint density at radius 1 is 1.54 bits per heavy atom. The molecule has 0 aliphatic rings. The van der Waals surface area contributed by atoms with Crippen molar-refractivity contribution in [3.63, 3.8) is 0 Å². The Kier molecular flexibility index (Phi) is 4.45. The first-order valence-corrected chi connectivity index (χ1v) is 4.49. The molecule has 0 radical (unpaired) electrons. The maximum absolute atomic E-state index is 10.3. The lowest BCUT2D eigenvalue weighted by atomic mass is 9.91. The van der Waals surface area contributed by atoms with E-state index in [4.69, 9.17) is 0 Å². The van der Waals surface area contributed by atoms with E-state index >= 15 is 0 Å². The van der Waals surface area contributed by atoms with Gasteiger partial charge in [0.15, 0.2) is 5.03 Å². The number of hydrogen-bond acceptors (Lipinski definition) is 2. The van der Waals surface area contributed by atoms with E-state index in [9.17, 15) is 10.1 Å². The summed E-state index contributed by atoms with van der Waals surface area (Å²) in [5, 5.41) is 9.77. The molecule has 0 heterocycles. The highest BCUT2D eigenvalue weighted by atomic mass is 16.7. The normalized spacial score (nSPS) is 12.8. The zero-order valence-electron chi connectivity index (χ0n) is 8.76. The molecular weight excluding hydrogens is 168 g/mol. The Morgan fingerprint density at radius 3 is 2.38 bits per heavy atom. The molecule has 0 aliphatic heterocycles. The topological polar surface area (TPSA) is 55.2 Å². The molecule has 13 heavy (non-hydrogen) atoms. The zero-order valence-corrected chi connectivity index (χ0v) is 8.76. The molecule has 0 aromatic heterocycles. The van der Waals surface area contributed by atoms with Gasteiger partial charge in [-0.15, -0.1) is 5.43 Å². The maximum atomic E-state index is 10.3. The van der Waals surface area contributed by atoms with E-state index in [1.54, 1.807) is 0 Å². The van der Waals surface area contributed by atoms with Gasteiger partial charge in [-0.25, -0.2) is 10.1 Å². The molecule has 1 N–H and O–H groups in total. The molecule has 0 spiro atoms. The Balaban J connectivity index is 4.46. The van der Waals surface area contributed by atoms with E-state index in [1.165, 1.54) is 0 Å². The molecule has 0 amide bonds. The fraction of sp³-hybridized carbons (Fsp3) is 0.778. The minimum Gasteiger partial charge on any atom is -0.235 e. The van der Waals surface area contributed by atoms with Gasteiger partial charge in [0, 0.05) is 5.41 Å². The SMILES string of the molecule is CCC/C=C(\N[N+](=O)[O-])C(C)(C)C. The van der Waals surface area contributed by atoms with Gasteiger partial charge in [0.2, 0.25) is 0 Å². The van der Waals surface area contributed by atoms with Crippen LogP contribution >= 0.6 is 0 Å². The number of hydrazine groups is 1. The summed E-state index contributed by atoms with van der Waals surface area (Å²) in [7, 11) is 0. The Labute approximate surface area is 79.1 Å². The van der Waals surface area contributed by atoms with Crippen molar-refractivity contribution in [3.8, 4) is 0 Å². The van der Waals surface area contributed by atoms with Gasteiger partial charge in [0.25, 0.3) is 0 Å².